The maximum atomic E-state index is 12.7. The van der Waals surface area contributed by atoms with Crippen molar-refractivity contribution >= 4 is 38.4 Å². The van der Waals surface area contributed by atoms with Gasteiger partial charge in [-0.15, -0.1) is 0 Å². The molecule has 29 heavy (non-hydrogen) atoms. The molecule has 0 aliphatic heterocycles. The Hall–Kier alpha value is -3.92. The van der Waals surface area contributed by atoms with Crippen molar-refractivity contribution in [3.63, 3.8) is 0 Å². The number of hydrogen-bond donors (Lipinski definition) is 3. The van der Waals surface area contributed by atoms with Crippen molar-refractivity contribution < 1.29 is 17.6 Å². The van der Waals surface area contributed by atoms with E-state index in [4.69, 9.17) is 4.42 Å². The van der Waals surface area contributed by atoms with Crippen LogP contribution in [0.15, 0.2) is 81.1 Å². The van der Waals surface area contributed by atoms with Gasteiger partial charge in [-0.1, -0.05) is 6.07 Å². The molecule has 2 aromatic heterocycles. The summed E-state index contributed by atoms with van der Waals surface area (Å²) in [5.41, 5.74) is 1.57. The normalized spacial score (nSPS) is 11.3. The van der Waals surface area contributed by atoms with Crippen molar-refractivity contribution in [2.45, 2.75) is 4.90 Å². The number of nitrogens with one attached hydrogen (secondary N) is 3. The van der Waals surface area contributed by atoms with Crippen LogP contribution in [0.3, 0.4) is 0 Å². The Morgan fingerprint density at radius 3 is 2.59 bits per heavy atom. The number of anilines is 2. The highest BCUT2D eigenvalue weighted by Gasteiger charge is 2.17. The Morgan fingerprint density at radius 1 is 1.00 bits per heavy atom. The number of aromatic nitrogens is 2. The molecule has 3 N–H and O–H groups in total. The number of benzene rings is 2. The lowest BCUT2D eigenvalue weighted by Crippen LogP contribution is -2.15. The summed E-state index contributed by atoms with van der Waals surface area (Å²) in [5.74, 6) is -1.07. The smallest absolute Gasteiger partial charge is 0.408 e. The molecule has 146 valence electrons. The largest absolute Gasteiger partial charge is 0.417 e. The second kappa shape index (κ2) is 7.24. The first kappa shape index (κ1) is 18.4. The molecule has 4 rings (SSSR count). The number of sulfonamides is 1. The molecular weight excluding hydrogens is 396 g/mol. The van der Waals surface area contributed by atoms with Gasteiger partial charge in [-0.2, -0.15) is 0 Å². The average Bonchev–Trinajstić information content (AvgIpc) is 3.08. The highest BCUT2D eigenvalue weighted by Crippen LogP contribution is 2.21. The summed E-state index contributed by atoms with van der Waals surface area (Å²) in [6.45, 7) is 0. The summed E-state index contributed by atoms with van der Waals surface area (Å²) >= 11 is 0. The Labute approximate surface area is 164 Å². The quantitative estimate of drug-likeness (QED) is 0.463. The first-order valence-electron chi connectivity index (χ1n) is 8.38. The fourth-order valence-electron chi connectivity index (χ4n) is 2.67. The molecule has 10 heteroatoms. The number of pyridine rings is 1. The standard InChI is InChI=1S/C19H14N4O5S/c24-18(21-13-6-8-20-9-7-13)12-2-1-3-14(10-12)23-29(26,27)15-4-5-16-17(11-15)28-19(25)22-16/h1-11,23H,(H,22,25)(H,20,21,24). The van der Waals surface area contributed by atoms with Crippen molar-refractivity contribution in [2.75, 3.05) is 10.0 Å². The van der Waals surface area contributed by atoms with Gasteiger partial charge in [-0.3, -0.25) is 19.5 Å². The van der Waals surface area contributed by atoms with Gasteiger partial charge < -0.3 is 9.73 Å². The van der Waals surface area contributed by atoms with Crippen LogP contribution in [-0.4, -0.2) is 24.3 Å². The topological polar surface area (TPSA) is 134 Å². The third-order valence-corrected chi connectivity index (χ3v) is 5.40. The van der Waals surface area contributed by atoms with E-state index in [0.717, 1.165) is 0 Å². The van der Waals surface area contributed by atoms with E-state index in [9.17, 15) is 18.0 Å². The number of carbonyl (C=O) groups excluding carboxylic acids is 1. The summed E-state index contributed by atoms with van der Waals surface area (Å²) in [6.07, 6.45) is 3.09. The molecule has 1 amide bonds. The van der Waals surface area contributed by atoms with Crippen LogP contribution >= 0.6 is 0 Å². The van der Waals surface area contributed by atoms with Crippen LogP contribution in [0.2, 0.25) is 0 Å². The molecule has 9 nitrogen and oxygen atoms in total. The third-order valence-electron chi connectivity index (χ3n) is 4.02. The second-order valence-electron chi connectivity index (χ2n) is 6.05. The fourth-order valence-corrected chi connectivity index (χ4v) is 3.73. The lowest BCUT2D eigenvalue weighted by molar-refractivity contribution is 0.102. The molecule has 2 heterocycles. The molecule has 0 bridgehead atoms. The Bertz CT molecular complexity index is 1360. The number of H-pyrrole nitrogens is 1. The maximum Gasteiger partial charge on any atom is 0.417 e. The highest BCUT2D eigenvalue weighted by atomic mass is 32.2. The number of aromatic amines is 1. The molecule has 4 aromatic rings. The van der Waals surface area contributed by atoms with E-state index in [1.54, 1.807) is 36.7 Å². The molecule has 0 saturated carbocycles. The van der Waals surface area contributed by atoms with Crippen LogP contribution in [0.1, 0.15) is 10.4 Å². The SMILES string of the molecule is O=C(Nc1ccncc1)c1cccc(NS(=O)(=O)c2ccc3[nH]c(=O)oc3c2)c1. The van der Waals surface area contributed by atoms with Gasteiger partial charge in [-0.25, -0.2) is 13.2 Å². The molecule has 0 fully saturated rings. The van der Waals surface area contributed by atoms with E-state index in [0.29, 0.717) is 11.2 Å². The minimum atomic E-state index is -3.96. The number of rotatable bonds is 5. The minimum absolute atomic E-state index is 0.0839. The maximum absolute atomic E-state index is 12.7. The van der Waals surface area contributed by atoms with Crippen molar-refractivity contribution in [3.8, 4) is 0 Å². The number of amides is 1. The zero-order chi connectivity index (χ0) is 20.4. The zero-order valence-corrected chi connectivity index (χ0v) is 15.6. The summed E-state index contributed by atoms with van der Waals surface area (Å²) in [7, 11) is -3.96. The van der Waals surface area contributed by atoms with Crippen molar-refractivity contribution in [3.05, 3.63) is 83.1 Å². The van der Waals surface area contributed by atoms with Gasteiger partial charge in [-0.05, 0) is 42.5 Å². The van der Waals surface area contributed by atoms with Gasteiger partial charge in [0.15, 0.2) is 5.58 Å². The Morgan fingerprint density at radius 2 is 1.79 bits per heavy atom. The fraction of sp³-hybridized carbons (Fsp3) is 0. The van der Waals surface area contributed by atoms with E-state index in [-0.39, 0.29) is 21.7 Å². The molecule has 0 radical (unpaired) electrons. The number of fused-ring (bicyclic) bond motifs is 1. The van der Waals surface area contributed by atoms with Crippen LogP contribution in [0.5, 0.6) is 0 Å². The number of oxazole rings is 1. The summed E-state index contributed by atoms with van der Waals surface area (Å²) in [4.78, 5) is 29.9. The third kappa shape index (κ3) is 4.01. The number of carbonyl (C=O) groups is 1. The number of hydrogen-bond acceptors (Lipinski definition) is 6. The van der Waals surface area contributed by atoms with Crippen LogP contribution in [0.25, 0.3) is 11.1 Å². The molecule has 0 spiro atoms. The second-order valence-corrected chi connectivity index (χ2v) is 7.73. The van der Waals surface area contributed by atoms with Gasteiger partial charge in [0.25, 0.3) is 15.9 Å². The van der Waals surface area contributed by atoms with Gasteiger partial charge in [0.1, 0.15) is 0 Å². The number of nitrogens with zero attached hydrogens (tertiary/aromatic N) is 1. The van der Waals surface area contributed by atoms with E-state index in [2.05, 4.69) is 20.0 Å². The van der Waals surface area contributed by atoms with Gasteiger partial charge >= 0.3 is 5.76 Å². The van der Waals surface area contributed by atoms with E-state index < -0.39 is 21.7 Å². The van der Waals surface area contributed by atoms with Crippen LogP contribution < -0.4 is 15.8 Å². The summed E-state index contributed by atoms with van der Waals surface area (Å²) in [6, 6.07) is 13.4. The predicted octanol–water partition coefficient (Wildman–Crippen LogP) is 2.57. The molecule has 0 aliphatic carbocycles. The summed E-state index contributed by atoms with van der Waals surface area (Å²) < 4.78 is 32.7. The highest BCUT2D eigenvalue weighted by molar-refractivity contribution is 7.92. The molecule has 0 unspecified atom stereocenters. The van der Waals surface area contributed by atoms with Gasteiger partial charge in [0, 0.05) is 35.4 Å². The van der Waals surface area contributed by atoms with E-state index in [1.807, 2.05) is 0 Å². The minimum Gasteiger partial charge on any atom is -0.408 e. The predicted molar refractivity (Wildman–Crippen MR) is 106 cm³/mol. The zero-order valence-electron chi connectivity index (χ0n) is 14.7. The molecule has 0 atom stereocenters. The summed E-state index contributed by atoms with van der Waals surface area (Å²) in [5, 5.41) is 2.70. The molecule has 0 saturated heterocycles. The monoisotopic (exact) mass is 410 g/mol. The molecular formula is C19H14N4O5S. The van der Waals surface area contributed by atoms with Gasteiger partial charge in [0.2, 0.25) is 0 Å². The van der Waals surface area contributed by atoms with E-state index >= 15 is 0 Å². The van der Waals surface area contributed by atoms with Crippen molar-refractivity contribution in [1.29, 1.82) is 0 Å². The van der Waals surface area contributed by atoms with Gasteiger partial charge in [0.05, 0.1) is 10.4 Å². The first-order valence-corrected chi connectivity index (χ1v) is 9.86. The van der Waals surface area contributed by atoms with E-state index in [1.165, 1.54) is 30.3 Å². The Balaban J connectivity index is 1.57. The van der Waals surface area contributed by atoms with Crippen LogP contribution in [-0.2, 0) is 10.0 Å². The molecule has 2 aromatic carbocycles. The molecule has 0 aliphatic rings. The van der Waals surface area contributed by atoms with Crippen LogP contribution in [0.4, 0.5) is 11.4 Å². The average molecular weight is 410 g/mol. The van der Waals surface area contributed by atoms with Crippen molar-refractivity contribution in [1.82, 2.24) is 9.97 Å². The van der Waals surface area contributed by atoms with Crippen molar-refractivity contribution in [2.24, 2.45) is 0 Å². The first-order chi connectivity index (χ1) is 13.9. The lowest BCUT2D eigenvalue weighted by Gasteiger charge is -2.10. The Kier molecular flexibility index (Phi) is 4.61. The van der Waals surface area contributed by atoms with Crippen LogP contribution in [0, 0.1) is 0 Å². The lowest BCUT2D eigenvalue weighted by atomic mass is 10.2.